The maximum absolute atomic E-state index is 13.5. The number of likely N-dealkylation sites (N-methyl/N-ethyl adjacent to an activating group) is 1. The highest BCUT2D eigenvalue weighted by molar-refractivity contribution is 5.40. The molecule has 1 heterocycles. The second-order valence-electron chi connectivity index (χ2n) is 4.34. The van der Waals surface area contributed by atoms with Crippen molar-refractivity contribution in [2.24, 2.45) is 0 Å². The van der Waals surface area contributed by atoms with Crippen molar-refractivity contribution in [3.8, 4) is 0 Å². The first-order valence-corrected chi connectivity index (χ1v) is 5.71. The molecule has 1 aromatic rings. The SMILES string of the molecule is CN(c1ncccc1F)C1CCCCC1O. The van der Waals surface area contributed by atoms with Gasteiger partial charge in [0.1, 0.15) is 0 Å². The van der Waals surface area contributed by atoms with Crippen LogP contribution in [0.25, 0.3) is 0 Å². The number of aromatic nitrogens is 1. The molecule has 2 unspecified atom stereocenters. The number of aliphatic hydroxyl groups is 1. The Kier molecular flexibility index (Phi) is 3.39. The minimum Gasteiger partial charge on any atom is -0.391 e. The zero-order chi connectivity index (χ0) is 11.5. The van der Waals surface area contributed by atoms with E-state index in [1.807, 2.05) is 0 Å². The smallest absolute Gasteiger partial charge is 0.165 e. The molecule has 1 saturated carbocycles. The Morgan fingerprint density at radius 1 is 1.44 bits per heavy atom. The van der Waals surface area contributed by atoms with Crippen molar-refractivity contribution in [3.05, 3.63) is 24.1 Å². The highest BCUT2D eigenvalue weighted by atomic mass is 19.1. The Balaban J connectivity index is 2.17. The molecule has 0 saturated heterocycles. The van der Waals surface area contributed by atoms with Crippen molar-refractivity contribution in [3.63, 3.8) is 0 Å². The van der Waals surface area contributed by atoms with Crippen LogP contribution in [0.3, 0.4) is 0 Å². The average Bonchev–Trinajstić information content (AvgIpc) is 2.29. The molecule has 1 aliphatic carbocycles. The van der Waals surface area contributed by atoms with Crippen molar-refractivity contribution >= 4 is 5.82 Å². The Morgan fingerprint density at radius 3 is 2.88 bits per heavy atom. The van der Waals surface area contributed by atoms with E-state index in [4.69, 9.17) is 0 Å². The van der Waals surface area contributed by atoms with Crippen LogP contribution in [0.15, 0.2) is 18.3 Å². The highest BCUT2D eigenvalue weighted by Crippen LogP contribution is 2.26. The fraction of sp³-hybridized carbons (Fsp3) is 0.583. The Morgan fingerprint density at radius 2 is 2.19 bits per heavy atom. The van der Waals surface area contributed by atoms with Crippen LogP contribution < -0.4 is 4.90 Å². The molecule has 0 aliphatic heterocycles. The molecule has 0 aromatic carbocycles. The molecule has 1 fully saturated rings. The average molecular weight is 224 g/mol. The van der Waals surface area contributed by atoms with Gasteiger partial charge in [0, 0.05) is 13.2 Å². The molecule has 2 atom stereocenters. The monoisotopic (exact) mass is 224 g/mol. The Bertz CT molecular complexity index is 359. The number of hydrogen-bond acceptors (Lipinski definition) is 3. The molecule has 16 heavy (non-hydrogen) atoms. The summed E-state index contributed by atoms with van der Waals surface area (Å²) in [5, 5.41) is 9.90. The Hall–Kier alpha value is -1.16. The van der Waals surface area contributed by atoms with Crippen LogP contribution in [0.2, 0.25) is 0 Å². The van der Waals surface area contributed by atoms with Crippen LogP contribution in [0.5, 0.6) is 0 Å². The van der Waals surface area contributed by atoms with Crippen LogP contribution >= 0.6 is 0 Å². The summed E-state index contributed by atoms with van der Waals surface area (Å²) >= 11 is 0. The van der Waals surface area contributed by atoms with E-state index in [2.05, 4.69) is 4.98 Å². The van der Waals surface area contributed by atoms with Gasteiger partial charge in [0.15, 0.2) is 11.6 Å². The van der Waals surface area contributed by atoms with Gasteiger partial charge in [0.2, 0.25) is 0 Å². The first-order chi connectivity index (χ1) is 7.70. The number of hydrogen-bond donors (Lipinski definition) is 1. The number of rotatable bonds is 2. The first-order valence-electron chi connectivity index (χ1n) is 5.71. The van der Waals surface area contributed by atoms with E-state index in [0.29, 0.717) is 5.82 Å². The number of nitrogens with zero attached hydrogens (tertiary/aromatic N) is 2. The molecule has 0 bridgehead atoms. The van der Waals surface area contributed by atoms with Crippen LogP contribution in [0.4, 0.5) is 10.2 Å². The topological polar surface area (TPSA) is 36.4 Å². The van der Waals surface area contributed by atoms with E-state index in [1.54, 1.807) is 24.2 Å². The molecule has 1 aliphatic rings. The number of pyridine rings is 1. The lowest BCUT2D eigenvalue weighted by Crippen LogP contribution is -2.44. The summed E-state index contributed by atoms with van der Waals surface area (Å²) in [6.07, 6.45) is 5.03. The summed E-state index contributed by atoms with van der Waals surface area (Å²) < 4.78 is 13.5. The van der Waals surface area contributed by atoms with Crippen molar-refractivity contribution in [2.75, 3.05) is 11.9 Å². The van der Waals surface area contributed by atoms with E-state index in [1.165, 1.54) is 6.07 Å². The van der Waals surface area contributed by atoms with E-state index < -0.39 is 0 Å². The third kappa shape index (κ3) is 2.16. The van der Waals surface area contributed by atoms with Crippen LogP contribution in [-0.4, -0.2) is 29.3 Å². The third-order valence-corrected chi connectivity index (χ3v) is 3.26. The van der Waals surface area contributed by atoms with Gasteiger partial charge < -0.3 is 10.0 Å². The van der Waals surface area contributed by atoms with Gasteiger partial charge in [-0.05, 0) is 25.0 Å². The van der Waals surface area contributed by atoms with Crippen LogP contribution in [-0.2, 0) is 0 Å². The van der Waals surface area contributed by atoms with E-state index in [0.717, 1.165) is 25.7 Å². The van der Waals surface area contributed by atoms with Gasteiger partial charge in [-0.3, -0.25) is 0 Å². The predicted molar refractivity (Wildman–Crippen MR) is 60.9 cm³/mol. The largest absolute Gasteiger partial charge is 0.391 e. The molecular formula is C12H17FN2O. The molecule has 0 radical (unpaired) electrons. The lowest BCUT2D eigenvalue weighted by atomic mass is 9.91. The number of halogens is 1. The summed E-state index contributed by atoms with van der Waals surface area (Å²) in [5.74, 6) is -0.00350. The van der Waals surface area contributed by atoms with Gasteiger partial charge in [-0.1, -0.05) is 12.8 Å². The lowest BCUT2D eigenvalue weighted by molar-refractivity contribution is 0.105. The molecule has 88 valence electrons. The standard InChI is InChI=1S/C12H17FN2O/c1-15(10-6-2-3-7-11(10)16)12-9(13)5-4-8-14-12/h4-5,8,10-11,16H,2-3,6-7H2,1H3. The summed E-state index contributed by atoms with van der Waals surface area (Å²) in [4.78, 5) is 5.79. The lowest BCUT2D eigenvalue weighted by Gasteiger charge is -2.35. The maximum atomic E-state index is 13.5. The van der Waals surface area contributed by atoms with Gasteiger partial charge in [0.25, 0.3) is 0 Å². The van der Waals surface area contributed by atoms with E-state index in [9.17, 15) is 9.50 Å². The van der Waals surface area contributed by atoms with E-state index >= 15 is 0 Å². The van der Waals surface area contributed by atoms with Gasteiger partial charge >= 0.3 is 0 Å². The van der Waals surface area contributed by atoms with Gasteiger partial charge in [-0.25, -0.2) is 9.37 Å². The van der Waals surface area contributed by atoms with Crippen molar-refractivity contribution in [2.45, 2.75) is 37.8 Å². The van der Waals surface area contributed by atoms with Crippen molar-refractivity contribution in [1.82, 2.24) is 4.98 Å². The summed E-state index contributed by atoms with van der Waals surface area (Å²) in [5.41, 5.74) is 0. The van der Waals surface area contributed by atoms with Gasteiger partial charge in [-0.2, -0.15) is 0 Å². The highest BCUT2D eigenvalue weighted by Gasteiger charge is 2.28. The second-order valence-corrected chi connectivity index (χ2v) is 4.34. The van der Waals surface area contributed by atoms with Gasteiger partial charge in [0.05, 0.1) is 12.1 Å². The van der Waals surface area contributed by atoms with E-state index in [-0.39, 0.29) is 18.0 Å². The molecule has 0 amide bonds. The first kappa shape index (κ1) is 11.3. The zero-order valence-electron chi connectivity index (χ0n) is 9.43. The number of aliphatic hydroxyl groups excluding tert-OH is 1. The second kappa shape index (κ2) is 4.78. The maximum Gasteiger partial charge on any atom is 0.165 e. The normalized spacial score (nSPS) is 25.4. The predicted octanol–water partition coefficient (Wildman–Crippen LogP) is 1.96. The Labute approximate surface area is 94.9 Å². The quantitative estimate of drug-likeness (QED) is 0.834. The van der Waals surface area contributed by atoms with Crippen molar-refractivity contribution in [1.29, 1.82) is 0 Å². The third-order valence-electron chi connectivity index (χ3n) is 3.26. The molecule has 2 rings (SSSR count). The molecule has 4 heteroatoms. The summed E-state index contributed by atoms with van der Waals surface area (Å²) in [6.45, 7) is 0. The minimum absolute atomic E-state index is 0.0156. The number of anilines is 1. The van der Waals surface area contributed by atoms with Gasteiger partial charge in [-0.15, -0.1) is 0 Å². The fourth-order valence-corrected chi connectivity index (χ4v) is 2.34. The minimum atomic E-state index is -0.375. The van der Waals surface area contributed by atoms with Crippen LogP contribution in [0, 0.1) is 5.82 Å². The van der Waals surface area contributed by atoms with Crippen LogP contribution in [0.1, 0.15) is 25.7 Å². The zero-order valence-corrected chi connectivity index (χ0v) is 9.43. The molecule has 3 nitrogen and oxygen atoms in total. The molecule has 1 N–H and O–H groups in total. The van der Waals surface area contributed by atoms with Crippen molar-refractivity contribution < 1.29 is 9.50 Å². The summed E-state index contributed by atoms with van der Waals surface area (Å²) in [7, 11) is 1.80. The molecular weight excluding hydrogens is 207 g/mol. The molecule has 1 aromatic heterocycles. The molecule has 0 spiro atoms. The fourth-order valence-electron chi connectivity index (χ4n) is 2.34. The summed E-state index contributed by atoms with van der Waals surface area (Å²) in [6, 6.07) is 2.95.